The zero-order valence-corrected chi connectivity index (χ0v) is 20.2. The highest BCUT2D eigenvalue weighted by atomic mass is 127. The number of rotatable bonds is 3. The Morgan fingerprint density at radius 3 is 2.68 bits per heavy atom. The van der Waals surface area contributed by atoms with Crippen molar-refractivity contribution in [2.75, 3.05) is 11.5 Å². The lowest BCUT2D eigenvalue weighted by Gasteiger charge is -2.43. The third-order valence-electron chi connectivity index (χ3n) is 4.84. The highest BCUT2D eigenvalue weighted by molar-refractivity contribution is 14.1. The van der Waals surface area contributed by atoms with Crippen molar-refractivity contribution in [2.45, 2.75) is 26.3 Å². The van der Waals surface area contributed by atoms with Crippen LogP contribution in [0, 0.1) is 7.39 Å². The first-order valence-corrected chi connectivity index (χ1v) is 12.5. The fraction of sp³-hybridized carbons (Fsp3) is 0.238. The van der Waals surface area contributed by atoms with Gasteiger partial charge in [-0.1, -0.05) is 45.0 Å². The molecule has 0 atom stereocenters. The first-order valence-electron chi connectivity index (χ1n) is 8.86. The molecule has 4 rings (SSSR count). The number of nitrogens with zero attached hydrogens (tertiary/aromatic N) is 1. The summed E-state index contributed by atoms with van der Waals surface area (Å²) in [7, 11) is 3.26. The summed E-state index contributed by atoms with van der Waals surface area (Å²) in [5.74, 6) is 0.787. The molecule has 0 radical (unpaired) electrons. The highest BCUT2D eigenvalue weighted by Crippen LogP contribution is 2.53. The molecule has 3 nitrogen and oxygen atoms in total. The van der Waals surface area contributed by atoms with Crippen LogP contribution in [0.4, 0.5) is 5.69 Å². The number of hydrogen-bond acceptors (Lipinski definition) is 5. The second-order valence-electron chi connectivity index (χ2n) is 6.95. The number of fused-ring (bicyclic) bond motifs is 3. The van der Waals surface area contributed by atoms with Crippen LogP contribution in [0.1, 0.15) is 36.0 Å². The summed E-state index contributed by atoms with van der Waals surface area (Å²) in [6.45, 7) is 6.75. The topological polar surface area (TPSA) is 29.5 Å². The minimum absolute atomic E-state index is 0.00428. The van der Waals surface area contributed by atoms with E-state index >= 15 is 0 Å². The number of hydrogen-bond donors (Lipinski definition) is 0. The van der Waals surface area contributed by atoms with E-state index in [4.69, 9.17) is 17.0 Å². The fourth-order valence-corrected chi connectivity index (χ4v) is 7.48. The van der Waals surface area contributed by atoms with Gasteiger partial charge in [0.05, 0.1) is 28.3 Å². The average molecular weight is 539 g/mol. The number of amides is 1. The van der Waals surface area contributed by atoms with Gasteiger partial charge in [-0.2, -0.15) is 0 Å². The molecule has 1 aromatic heterocycles. The van der Waals surface area contributed by atoms with E-state index in [1.165, 1.54) is 0 Å². The van der Waals surface area contributed by atoms with E-state index in [2.05, 4.69) is 36.4 Å². The fourth-order valence-electron chi connectivity index (χ4n) is 3.58. The van der Waals surface area contributed by atoms with E-state index in [0.29, 0.717) is 12.2 Å². The standard InChI is InChI=1S/C21H18INO2S3/c1-4-25-12-9-10-16-14(11-12)17-18(27-28-20(17)26)21(2,3)23(16)19(24)13-7-5-6-8-15(13)22/h5-11H,4H2,1-3H3. The van der Waals surface area contributed by atoms with Gasteiger partial charge in [-0.3, -0.25) is 9.69 Å². The molecule has 144 valence electrons. The van der Waals surface area contributed by atoms with E-state index in [0.717, 1.165) is 34.8 Å². The Hall–Kier alpha value is -1.29. The summed E-state index contributed by atoms with van der Waals surface area (Å²) in [5.41, 5.74) is 3.13. The largest absolute Gasteiger partial charge is 0.494 e. The zero-order valence-electron chi connectivity index (χ0n) is 15.6. The van der Waals surface area contributed by atoms with Crippen LogP contribution in [0.15, 0.2) is 42.5 Å². The van der Waals surface area contributed by atoms with E-state index < -0.39 is 5.54 Å². The van der Waals surface area contributed by atoms with Gasteiger partial charge in [-0.25, -0.2) is 0 Å². The molecule has 3 aromatic rings. The molecule has 0 saturated heterocycles. The first-order chi connectivity index (χ1) is 13.4. The maximum Gasteiger partial charge on any atom is 0.260 e. The number of anilines is 1. The Balaban J connectivity index is 1.97. The van der Waals surface area contributed by atoms with Crippen molar-refractivity contribution in [2.24, 2.45) is 0 Å². The zero-order chi connectivity index (χ0) is 20.1. The van der Waals surface area contributed by atoms with Gasteiger partial charge in [0.25, 0.3) is 5.91 Å². The molecule has 0 saturated carbocycles. The summed E-state index contributed by atoms with van der Waals surface area (Å²) in [6.07, 6.45) is 0. The van der Waals surface area contributed by atoms with E-state index in [1.54, 1.807) is 20.7 Å². The first kappa shape index (κ1) is 20.0. The third kappa shape index (κ3) is 3.12. The molecular formula is C21H18INO2S3. The molecule has 0 spiro atoms. The van der Waals surface area contributed by atoms with Crippen LogP contribution in [0.25, 0.3) is 11.1 Å². The molecule has 1 amide bonds. The van der Waals surface area contributed by atoms with E-state index in [-0.39, 0.29) is 5.91 Å². The van der Waals surface area contributed by atoms with Gasteiger partial charge >= 0.3 is 0 Å². The summed E-state index contributed by atoms with van der Waals surface area (Å²) in [4.78, 5) is 16.7. The molecule has 0 aliphatic carbocycles. The van der Waals surface area contributed by atoms with Crippen molar-refractivity contribution in [3.8, 4) is 16.9 Å². The second-order valence-corrected chi connectivity index (χ2v) is 10.9. The van der Waals surface area contributed by atoms with Gasteiger partial charge in [-0.15, -0.1) is 0 Å². The van der Waals surface area contributed by atoms with Crippen molar-refractivity contribution < 1.29 is 9.53 Å². The van der Waals surface area contributed by atoms with Crippen LogP contribution >= 0.6 is 55.5 Å². The monoisotopic (exact) mass is 539 g/mol. The van der Waals surface area contributed by atoms with Gasteiger partial charge < -0.3 is 4.74 Å². The highest BCUT2D eigenvalue weighted by Gasteiger charge is 2.43. The summed E-state index contributed by atoms with van der Waals surface area (Å²) < 4.78 is 7.53. The summed E-state index contributed by atoms with van der Waals surface area (Å²) in [5, 5.41) is 0. The third-order valence-corrected chi connectivity index (χ3v) is 9.11. The van der Waals surface area contributed by atoms with Crippen molar-refractivity contribution in [1.82, 2.24) is 0 Å². The van der Waals surface area contributed by atoms with Crippen molar-refractivity contribution in [3.05, 3.63) is 60.3 Å². The molecule has 0 fully saturated rings. The lowest BCUT2D eigenvalue weighted by atomic mass is 9.86. The molecule has 0 bridgehead atoms. The molecule has 0 N–H and O–H groups in total. The van der Waals surface area contributed by atoms with Gasteiger partial charge in [0.2, 0.25) is 0 Å². The van der Waals surface area contributed by atoms with E-state index in [1.807, 2.05) is 54.3 Å². The SMILES string of the molecule is CCOc1ccc2c(c1)-c1c(ssc1=S)C(C)(C)N2C(=O)c1ccccc1I. The van der Waals surface area contributed by atoms with Crippen LogP contribution in [0.3, 0.4) is 0 Å². The Morgan fingerprint density at radius 1 is 1.21 bits per heavy atom. The van der Waals surface area contributed by atoms with Crippen LogP contribution in [-0.4, -0.2) is 12.5 Å². The Kier molecular flexibility index (Phi) is 5.37. The molecule has 7 heteroatoms. The molecular weight excluding hydrogens is 521 g/mol. The van der Waals surface area contributed by atoms with Crippen LogP contribution in [0.5, 0.6) is 5.75 Å². The Bertz CT molecular complexity index is 1130. The smallest absolute Gasteiger partial charge is 0.260 e. The Morgan fingerprint density at radius 2 is 1.96 bits per heavy atom. The van der Waals surface area contributed by atoms with Crippen molar-refractivity contribution in [1.29, 1.82) is 0 Å². The summed E-state index contributed by atoms with van der Waals surface area (Å²) >= 11 is 7.89. The second kappa shape index (κ2) is 7.51. The minimum Gasteiger partial charge on any atom is -0.494 e. The van der Waals surface area contributed by atoms with Crippen molar-refractivity contribution in [3.63, 3.8) is 0 Å². The molecule has 0 unspecified atom stereocenters. The van der Waals surface area contributed by atoms with Gasteiger partial charge in [0.15, 0.2) is 0 Å². The van der Waals surface area contributed by atoms with Gasteiger partial charge in [0.1, 0.15) is 9.57 Å². The molecule has 28 heavy (non-hydrogen) atoms. The quantitative estimate of drug-likeness (QED) is 0.202. The molecule has 2 aromatic carbocycles. The van der Waals surface area contributed by atoms with E-state index in [9.17, 15) is 4.79 Å². The molecule has 2 heterocycles. The minimum atomic E-state index is -0.496. The van der Waals surface area contributed by atoms with Gasteiger partial charge in [-0.05, 0) is 73.7 Å². The Labute approximate surface area is 190 Å². The lowest BCUT2D eigenvalue weighted by Crippen LogP contribution is -2.48. The number of carbonyl (C=O) groups excluding carboxylic acids is 1. The normalized spacial score (nSPS) is 14.4. The van der Waals surface area contributed by atoms with Gasteiger partial charge in [0, 0.05) is 14.7 Å². The van der Waals surface area contributed by atoms with Crippen LogP contribution in [0.2, 0.25) is 0 Å². The van der Waals surface area contributed by atoms with Crippen LogP contribution in [-0.2, 0) is 5.54 Å². The molecule has 1 aliphatic heterocycles. The van der Waals surface area contributed by atoms with Crippen molar-refractivity contribution >= 4 is 67.1 Å². The number of halogens is 1. The average Bonchev–Trinajstić information content (AvgIpc) is 3.05. The lowest BCUT2D eigenvalue weighted by molar-refractivity contribution is 0.0960. The predicted molar refractivity (Wildman–Crippen MR) is 129 cm³/mol. The molecule has 1 aliphatic rings. The predicted octanol–water partition coefficient (Wildman–Crippen LogP) is 7.10. The maximum absolute atomic E-state index is 13.7. The number of ether oxygens (including phenoxy) is 1. The number of carbonyl (C=O) groups is 1. The number of benzene rings is 2. The summed E-state index contributed by atoms with van der Waals surface area (Å²) in [6, 6.07) is 13.6. The maximum atomic E-state index is 13.7. The van der Waals surface area contributed by atoms with Crippen LogP contribution < -0.4 is 9.64 Å².